The lowest BCUT2D eigenvalue weighted by Gasteiger charge is -2.36. The maximum atomic E-state index is 12.7. The van der Waals surface area contributed by atoms with Crippen molar-refractivity contribution in [3.8, 4) is 0 Å². The molecule has 0 amide bonds. The van der Waals surface area contributed by atoms with E-state index in [0.29, 0.717) is 19.8 Å². The van der Waals surface area contributed by atoms with E-state index in [1.165, 1.54) is 4.31 Å². The van der Waals surface area contributed by atoms with Crippen molar-refractivity contribution in [3.05, 3.63) is 35.9 Å². The van der Waals surface area contributed by atoms with Gasteiger partial charge in [0.25, 0.3) is 0 Å². The molecule has 1 unspecified atom stereocenters. The second-order valence-electron chi connectivity index (χ2n) is 5.83. The predicted molar refractivity (Wildman–Crippen MR) is 82.6 cm³/mol. The minimum atomic E-state index is -3.50. The fourth-order valence-electron chi connectivity index (χ4n) is 3.02. The predicted octanol–water partition coefficient (Wildman–Crippen LogP) is 0.434. The number of morpholine rings is 1. The molecule has 6 nitrogen and oxygen atoms in total. The molecule has 0 aliphatic carbocycles. The molecule has 3 rings (SSSR count). The molecule has 8 heteroatoms. The van der Waals surface area contributed by atoms with E-state index in [1.54, 1.807) is 0 Å². The highest BCUT2D eigenvalue weighted by Gasteiger charge is 2.41. The average molecular weight is 345 g/mol. The molecule has 0 N–H and O–H groups in total. The van der Waals surface area contributed by atoms with Gasteiger partial charge in [-0.15, -0.1) is 0 Å². The Balaban J connectivity index is 1.78. The standard InChI is InChI=1S/C14H19NO5S2/c16-21(17)9-12(10-21)11-22(18,19)15-6-7-20-8-14(15)13-4-2-1-3-5-13/h1-5,12,14H,6-11H2. The molecule has 0 spiro atoms. The lowest BCUT2D eigenvalue weighted by molar-refractivity contribution is 0.0319. The molecule has 2 heterocycles. The summed E-state index contributed by atoms with van der Waals surface area (Å²) in [6.45, 7) is 0.999. The third-order valence-electron chi connectivity index (χ3n) is 4.05. The Morgan fingerprint density at radius 1 is 1.18 bits per heavy atom. The van der Waals surface area contributed by atoms with E-state index in [4.69, 9.17) is 4.74 Å². The summed E-state index contributed by atoms with van der Waals surface area (Å²) in [6.07, 6.45) is 0. The minimum Gasteiger partial charge on any atom is -0.378 e. The Kier molecular flexibility index (Phi) is 4.28. The topological polar surface area (TPSA) is 80.8 Å². The third kappa shape index (κ3) is 3.34. The van der Waals surface area contributed by atoms with Crippen molar-refractivity contribution >= 4 is 19.9 Å². The smallest absolute Gasteiger partial charge is 0.215 e. The van der Waals surface area contributed by atoms with Gasteiger partial charge >= 0.3 is 0 Å². The van der Waals surface area contributed by atoms with Crippen LogP contribution in [0.15, 0.2) is 30.3 Å². The number of ether oxygens (including phenoxy) is 1. The van der Waals surface area contributed by atoms with Crippen molar-refractivity contribution in [1.29, 1.82) is 0 Å². The molecule has 1 aromatic rings. The van der Waals surface area contributed by atoms with Crippen molar-refractivity contribution in [3.63, 3.8) is 0 Å². The van der Waals surface area contributed by atoms with Crippen molar-refractivity contribution in [1.82, 2.24) is 4.31 Å². The summed E-state index contributed by atoms with van der Waals surface area (Å²) in [5, 5.41) is 0. The Morgan fingerprint density at radius 2 is 1.86 bits per heavy atom. The molecule has 122 valence electrons. The quantitative estimate of drug-likeness (QED) is 0.791. The molecule has 0 bridgehead atoms. The summed E-state index contributed by atoms with van der Waals surface area (Å²) in [6, 6.07) is 9.05. The van der Waals surface area contributed by atoms with Gasteiger partial charge in [0, 0.05) is 12.5 Å². The molecule has 0 aromatic heterocycles. The molecular weight excluding hydrogens is 326 g/mol. The third-order valence-corrected chi connectivity index (χ3v) is 8.05. The molecule has 0 radical (unpaired) electrons. The van der Waals surface area contributed by atoms with Crippen molar-refractivity contribution in [2.45, 2.75) is 6.04 Å². The molecule has 0 saturated carbocycles. The number of nitrogens with zero attached hydrogens (tertiary/aromatic N) is 1. The van der Waals surface area contributed by atoms with Crippen molar-refractivity contribution < 1.29 is 21.6 Å². The first-order valence-electron chi connectivity index (χ1n) is 7.20. The highest BCUT2D eigenvalue weighted by atomic mass is 32.2. The fraction of sp³-hybridized carbons (Fsp3) is 0.571. The van der Waals surface area contributed by atoms with Gasteiger partial charge in [-0.2, -0.15) is 4.31 Å². The van der Waals surface area contributed by atoms with E-state index in [9.17, 15) is 16.8 Å². The molecular formula is C14H19NO5S2. The largest absolute Gasteiger partial charge is 0.378 e. The van der Waals surface area contributed by atoms with Crippen molar-refractivity contribution in [2.24, 2.45) is 5.92 Å². The Morgan fingerprint density at radius 3 is 2.50 bits per heavy atom. The summed E-state index contributed by atoms with van der Waals surface area (Å²) in [5.74, 6) is -0.427. The van der Waals surface area contributed by atoms with Gasteiger partial charge in [0.15, 0.2) is 9.84 Å². The molecule has 1 atom stereocenters. The lowest BCUT2D eigenvalue weighted by Crippen LogP contribution is -2.48. The minimum absolute atomic E-state index is 0.0213. The fourth-order valence-corrected chi connectivity index (χ4v) is 6.84. The van der Waals surface area contributed by atoms with Crippen LogP contribution in [0.4, 0.5) is 0 Å². The van der Waals surface area contributed by atoms with Crippen LogP contribution >= 0.6 is 0 Å². The van der Waals surface area contributed by atoms with Gasteiger partial charge in [-0.1, -0.05) is 30.3 Å². The van der Waals surface area contributed by atoms with Crippen LogP contribution in [0.1, 0.15) is 11.6 Å². The van der Waals surface area contributed by atoms with Crippen LogP contribution in [-0.4, -0.2) is 58.2 Å². The highest BCUT2D eigenvalue weighted by Crippen LogP contribution is 2.29. The van der Waals surface area contributed by atoms with Crippen LogP contribution in [0, 0.1) is 5.92 Å². The second-order valence-corrected chi connectivity index (χ2v) is 9.95. The van der Waals surface area contributed by atoms with Gasteiger partial charge in [0.1, 0.15) is 0 Å². The van der Waals surface area contributed by atoms with Gasteiger partial charge in [-0.25, -0.2) is 16.8 Å². The molecule has 2 saturated heterocycles. The van der Waals surface area contributed by atoms with Gasteiger partial charge in [0.05, 0.1) is 36.5 Å². The van der Waals surface area contributed by atoms with Crippen LogP contribution in [-0.2, 0) is 24.6 Å². The molecule has 1 aromatic carbocycles. The van der Waals surface area contributed by atoms with Gasteiger partial charge in [-0.3, -0.25) is 0 Å². The normalized spacial score (nSPS) is 26.5. The number of hydrogen-bond acceptors (Lipinski definition) is 5. The van der Waals surface area contributed by atoms with Crippen LogP contribution < -0.4 is 0 Å². The van der Waals surface area contributed by atoms with Crippen LogP contribution in [0.25, 0.3) is 0 Å². The Hall–Kier alpha value is -0.960. The summed E-state index contributed by atoms with van der Waals surface area (Å²) in [7, 11) is -6.51. The number of hydrogen-bond donors (Lipinski definition) is 0. The summed E-state index contributed by atoms with van der Waals surface area (Å²) >= 11 is 0. The van der Waals surface area contributed by atoms with E-state index in [-0.39, 0.29) is 29.2 Å². The zero-order chi connectivity index (χ0) is 15.8. The Labute approximate surface area is 131 Å². The van der Waals surface area contributed by atoms with E-state index in [1.807, 2.05) is 30.3 Å². The highest BCUT2D eigenvalue weighted by molar-refractivity contribution is 7.93. The van der Waals surface area contributed by atoms with Crippen molar-refractivity contribution in [2.75, 3.05) is 37.0 Å². The van der Waals surface area contributed by atoms with E-state index >= 15 is 0 Å². The van der Waals surface area contributed by atoms with E-state index in [0.717, 1.165) is 5.56 Å². The number of benzene rings is 1. The van der Waals surface area contributed by atoms with E-state index in [2.05, 4.69) is 0 Å². The van der Waals surface area contributed by atoms with Crippen LogP contribution in [0.3, 0.4) is 0 Å². The first kappa shape index (κ1) is 15.9. The number of sulfonamides is 1. The Bertz CT molecular complexity index is 718. The van der Waals surface area contributed by atoms with Crippen LogP contribution in [0.5, 0.6) is 0 Å². The number of rotatable bonds is 4. The maximum absolute atomic E-state index is 12.7. The monoisotopic (exact) mass is 345 g/mol. The number of sulfone groups is 1. The first-order valence-corrected chi connectivity index (χ1v) is 10.6. The summed E-state index contributed by atoms with van der Waals surface area (Å²) < 4.78 is 54.7. The molecule has 22 heavy (non-hydrogen) atoms. The lowest BCUT2D eigenvalue weighted by atomic mass is 10.1. The SMILES string of the molecule is O=S1(=O)CC(CS(=O)(=O)N2CCOCC2c2ccccc2)C1. The first-order chi connectivity index (χ1) is 10.4. The van der Waals surface area contributed by atoms with E-state index < -0.39 is 19.9 Å². The van der Waals surface area contributed by atoms with Gasteiger partial charge in [-0.05, 0) is 5.56 Å². The summed E-state index contributed by atoms with van der Waals surface area (Å²) in [4.78, 5) is 0. The van der Waals surface area contributed by atoms with Crippen LogP contribution in [0.2, 0.25) is 0 Å². The van der Waals surface area contributed by atoms with Gasteiger partial charge < -0.3 is 4.74 Å². The summed E-state index contributed by atoms with van der Waals surface area (Å²) in [5.41, 5.74) is 0.895. The zero-order valence-corrected chi connectivity index (χ0v) is 13.7. The second kappa shape index (κ2) is 5.92. The molecule has 2 aliphatic heterocycles. The average Bonchev–Trinajstić information content (AvgIpc) is 2.46. The molecule has 2 aliphatic rings. The zero-order valence-electron chi connectivity index (χ0n) is 12.1. The maximum Gasteiger partial charge on any atom is 0.215 e. The molecule has 2 fully saturated rings. The van der Waals surface area contributed by atoms with Gasteiger partial charge in [0.2, 0.25) is 10.0 Å².